The lowest BCUT2D eigenvalue weighted by atomic mass is 9.89. The molecule has 0 spiro atoms. The summed E-state index contributed by atoms with van der Waals surface area (Å²) >= 11 is 1.66. The number of aromatic nitrogens is 3. The van der Waals surface area contributed by atoms with Gasteiger partial charge in [-0.15, -0.1) is 11.3 Å². The highest BCUT2D eigenvalue weighted by Crippen LogP contribution is 2.35. The Labute approximate surface area is 137 Å². The molecule has 0 unspecified atom stereocenters. The summed E-state index contributed by atoms with van der Waals surface area (Å²) in [6.45, 7) is 2.69. The average molecular weight is 328 g/mol. The second kappa shape index (κ2) is 5.45. The number of nitrogens with zero attached hydrogens (tertiary/aromatic N) is 2. The highest BCUT2D eigenvalue weighted by atomic mass is 32.1. The second-order valence-electron chi connectivity index (χ2n) is 6.28. The molecule has 0 amide bonds. The Balaban J connectivity index is 1.77. The predicted molar refractivity (Wildman–Crippen MR) is 88.8 cm³/mol. The molecule has 0 aliphatic heterocycles. The van der Waals surface area contributed by atoms with Crippen LogP contribution in [0.2, 0.25) is 0 Å². The molecule has 3 heterocycles. The maximum absolute atomic E-state index is 12.5. The molecular formula is C17H18N3O2S+. The minimum Gasteiger partial charge on any atom is -0.503 e. The summed E-state index contributed by atoms with van der Waals surface area (Å²) in [5.74, 6) is 1.48. The van der Waals surface area contributed by atoms with Crippen LogP contribution in [0.5, 0.6) is 5.75 Å². The first-order valence-electron chi connectivity index (χ1n) is 7.81. The number of pyridine rings is 1. The fourth-order valence-corrected chi connectivity index (χ4v) is 4.65. The van der Waals surface area contributed by atoms with E-state index in [4.69, 9.17) is 0 Å². The van der Waals surface area contributed by atoms with Crippen LogP contribution in [0.1, 0.15) is 29.6 Å². The van der Waals surface area contributed by atoms with Gasteiger partial charge in [0.2, 0.25) is 12.7 Å². The van der Waals surface area contributed by atoms with Crippen molar-refractivity contribution >= 4 is 21.6 Å². The number of thiophene rings is 1. The van der Waals surface area contributed by atoms with Gasteiger partial charge in [-0.2, -0.15) is 4.57 Å². The van der Waals surface area contributed by atoms with E-state index in [0.29, 0.717) is 18.3 Å². The Hall–Kier alpha value is -2.21. The van der Waals surface area contributed by atoms with E-state index in [1.807, 2.05) is 6.20 Å². The smallest absolute Gasteiger partial charge is 0.260 e. The number of nitrogens with one attached hydrogen (secondary N) is 1. The highest BCUT2D eigenvalue weighted by Gasteiger charge is 2.23. The molecule has 3 aromatic rings. The van der Waals surface area contributed by atoms with Crippen LogP contribution in [-0.2, 0) is 19.4 Å². The van der Waals surface area contributed by atoms with Gasteiger partial charge in [-0.05, 0) is 36.8 Å². The van der Waals surface area contributed by atoms with Gasteiger partial charge in [0, 0.05) is 10.9 Å². The molecule has 0 radical (unpaired) electrons. The molecule has 1 aliphatic carbocycles. The third-order valence-electron chi connectivity index (χ3n) is 4.39. The molecule has 0 bridgehead atoms. The largest absolute Gasteiger partial charge is 0.503 e. The van der Waals surface area contributed by atoms with Crippen LogP contribution in [0, 0.1) is 5.92 Å². The summed E-state index contributed by atoms with van der Waals surface area (Å²) in [6.07, 6.45) is 6.61. The summed E-state index contributed by atoms with van der Waals surface area (Å²) in [5, 5.41) is 10.3. The summed E-state index contributed by atoms with van der Waals surface area (Å²) in [5.41, 5.74) is 1.16. The van der Waals surface area contributed by atoms with E-state index >= 15 is 0 Å². The number of aromatic hydroxyl groups is 1. The highest BCUT2D eigenvalue weighted by molar-refractivity contribution is 7.18. The van der Waals surface area contributed by atoms with E-state index in [1.165, 1.54) is 10.4 Å². The molecule has 0 saturated heterocycles. The van der Waals surface area contributed by atoms with Gasteiger partial charge in [0.1, 0.15) is 4.83 Å². The molecule has 0 fully saturated rings. The van der Waals surface area contributed by atoms with Gasteiger partial charge in [-0.1, -0.05) is 6.92 Å². The molecule has 0 saturated carbocycles. The number of hydrogen-bond acceptors (Lipinski definition) is 4. The van der Waals surface area contributed by atoms with E-state index in [9.17, 15) is 9.90 Å². The quantitative estimate of drug-likeness (QED) is 0.708. The van der Waals surface area contributed by atoms with Crippen molar-refractivity contribution in [2.24, 2.45) is 5.92 Å². The lowest BCUT2D eigenvalue weighted by Crippen LogP contribution is -2.34. The van der Waals surface area contributed by atoms with Crippen molar-refractivity contribution < 1.29 is 9.67 Å². The minimum absolute atomic E-state index is 0.0437. The van der Waals surface area contributed by atoms with Crippen molar-refractivity contribution in [3.8, 4) is 5.75 Å². The van der Waals surface area contributed by atoms with Crippen LogP contribution in [0.4, 0.5) is 0 Å². The van der Waals surface area contributed by atoms with E-state index in [2.05, 4.69) is 16.9 Å². The number of H-pyrrole nitrogens is 1. The third-order valence-corrected chi connectivity index (χ3v) is 5.54. The molecule has 1 aliphatic rings. The SMILES string of the molecule is C[C@@H]1CCc2c(sc3nc(C[n+]4cccc(O)c4)[nH]c(=O)c23)C1. The normalized spacial score (nSPS) is 17.3. The number of aryl methyl sites for hydroxylation is 1. The summed E-state index contributed by atoms with van der Waals surface area (Å²) < 4.78 is 1.80. The number of aromatic amines is 1. The lowest BCUT2D eigenvalue weighted by molar-refractivity contribution is -0.689. The van der Waals surface area contributed by atoms with Crippen molar-refractivity contribution in [2.45, 2.75) is 32.7 Å². The van der Waals surface area contributed by atoms with E-state index in [1.54, 1.807) is 34.2 Å². The molecule has 0 aromatic carbocycles. The van der Waals surface area contributed by atoms with Gasteiger partial charge < -0.3 is 10.1 Å². The van der Waals surface area contributed by atoms with Crippen molar-refractivity contribution in [3.05, 3.63) is 51.1 Å². The van der Waals surface area contributed by atoms with Gasteiger partial charge >= 0.3 is 0 Å². The first-order valence-corrected chi connectivity index (χ1v) is 8.63. The van der Waals surface area contributed by atoms with Crippen molar-refractivity contribution in [1.82, 2.24) is 9.97 Å². The van der Waals surface area contributed by atoms with Crippen molar-refractivity contribution in [2.75, 3.05) is 0 Å². The van der Waals surface area contributed by atoms with E-state index < -0.39 is 0 Å². The molecule has 4 rings (SSSR count). The molecule has 118 valence electrons. The maximum atomic E-state index is 12.5. The molecule has 6 heteroatoms. The first-order chi connectivity index (χ1) is 11.1. The fraction of sp³-hybridized carbons (Fsp3) is 0.353. The van der Waals surface area contributed by atoms with Gasteiger partial charge in [-0.25, -0.2) is 4.98 Å². The second-order valence-corrected chi connectivity index (χ2v) is 7.36. The molecule has 23 heavy (non-hydrogen) atoms. The lowest BCUT2D eigenvalue weighted by Gasteiger charge is -2.17. The zero-order chi connectivity index (χ0) is 16.0. The average Bonchev–Trinajstić information content (AvgIpc) is 2.84. The topological polar surface area (TPSA) is 69.9 Å². The molecule has 5 nitrogen and oxygen atoms in total. The van der Waals surface area contributed by atoms with E-state index in [-0.39, 0.29) is 11.3 Å². The Kier molecular flexibility index (Phi) is 3.41. The van der Waals surface area contributed by atoms with Crippen LogP contribution in [0.3, 0.4) is 0 Å². The van der Waals surface area contributed by atoms with Gasteiger partial charge in [0.05, 0.1) is 5.39 Å². The van der Waals surface area contributed by atoms with Crippen molar-refractivity contribution in [3.63, 3.8) is 0 Å². The summed E-state index contributed by atoms with van der Waals surface area (Å²) in [7, 11) is 0. The van der Waals surface area contributed by atoms with Crippen LogP contribution >= 0.6 is 11.3 Å². The monoisotopic (exact) mass is 328 g/mol. The van der Waals surface area contributed by atoms with Gasteiger partial charge in [-0.3, -0.25) is 4.79 Å². The van der Waals surface area contributed by atoms with Crippen LogP contribution in [0.25, 0.3) is 10.2 Å². The standard InChI is InChI=1S/C17H17N3O2S/c1-10-4-5-12-13(7-10)23-17-15(12)16(22)18-14(19-17)9-20-6-2-3-11(21)8-20/h2-3,6,8,10H,4-5,7,9H2,1H3,(H-,18,19,21,22)/p+1/t10-/m1/s1. The van der Waals surface area contributed by atoms with Gasteiger partial charge in [0.25, 0.3) is 5.56 Å². The zero-order valence-electron chi connectivity index (χ0n) is 12.9. The molecule has 3 aromatic heterocycles. The van der Waals surface area contributed by atoms with Crippen LogP contribution in [0.15, 0.2) is 29.3 Å². The fourth-order valence-electron chi connectivity index (χ4n) is 3.25. The number of fused-ring (bicyclic) bond motifs is 3. The van der Waals surface area contributed by atoms with E-state index in [0.717, 1.165) is 29.5 Å². The Bertz CT molecular complexity index is 945. The zero-order valence-corrected chi connectivity index (χ0v) is 13.7. The Morgan fingerprint density at radius 2 is 2.39 bits per heavy atom. The Morgan fingerprint density at radius 3 is 3.22 bits per heavy atom. The molecular weight excluding hydrogens is 310 g/mol. The van der Waals surface area contributed by atoms with Gasteiger partial charge in [0.15, 0.2) is 17.8 Å². The third kappa shape index (κ3) is 2.63. The number of rotatable bonds is 2. The van der Waals surface area contributed by atoms with Crippen LogP contribution in [-0.4, -0.2) is 15.1 Å². The first kappa shape index (κ1) is 14.4. The Morgan fingerprint density at radius 1 is 1.52 bits per heavy atom. The molecule has 1 atom stereocenters. The summed E-state index contributed by atoms with van der Waals surface area (Å²) in [6, 6.07) is 3.38. The summed E-state index contributed by atoms with van der Waals surface area (Å²) in [4.78, 5) is 22.2. The maximum Gasteiger partial charge on any atom is 0.260 e. The van der Waals surface area contributed by atoms with Crippen LogP contribution < -0.4 is 10.1 Å². The predicted octanol–water partition coefficient (Wildman–Crippen LogP) is 2.15. The molecule has 2 N–H and O–H groups in total. The minimum atomic E-state index is -0.0437. The number of hydrogen-bond donors (Lipinski definition) is 2. The van der Waals surface area contributed by atoms with Crippen molar-refractivity contribution in [1.29, 1.82) is 0 Å².